The van der Waals surface area contributed by atoms with E-state index in [1.54, 1.807) is 24.5 Å². The summed E-state index contributed by atoms with van der Waals surface area (Å²) in [5, 5.41) is 10.6. The van der Waals surface area contributed by atoms with Crippen LogP contribution in [0.1, 0.15) is 36.2 Å². The molecule has 0 bridgehead atoms. The number of amides is 1. The molecule has 1 amide bonds. The number of aromatic nitrogens is 7. The average Bonchev–Trinajstić information content (AvgIpc) is 3.30. The number of nitrogens with zero attached hydrogens (tertiary/aromatic N) is 7. The van der Waals surface area contributed by atoms with Crippen molar-refractivity contribution in [2.75, 3.05) is 5.32 Å². The lowest BCUT2D eigenvalue weighted by molar-refractivity contribution is -0.145. The van der Waals surface area contributed by atoms with Crippen LogP contribution in [0.2, 0.25) is 0 Å². The van der Waals surface area contributed by atoms with Crippen molar-refractivity contribution in [3.63, 3.8) is 0 Å². The van der Waals surface area contributed by atoms with Crippen molar-refractivity contribution < 1.29 is 22.7 Å². The maximum Gasteiger partial charge on any atom is 0.451 e. The van der Waals surface area contributed by atoms with Gasteiger partial charge in [0.15, 0.2) is 5.82 Å². The molecular formula is C21H17F3N8O2. The molecule has 0 spiro atoms. The molecular weight excluding hydrogens is 453 g/mol. The number of hydrogen-bond acceptors (Lipinski definition) is 8. The summed E-state index contributed by atoms with van der Waals surface area (Å²) in [7, 11) is 0. The van der Waals surface area contributed by atoms with E-state index in [0.29, 0.717) is 11.5 Å². The summed E-state index contributed by atoms with van der Waals surface area (Å²) >= 11 is 0. The van der Waals surface area contributed by atoms with Gasteiger partial charge in [-0.15, -0.1) is 10.2 Å². The number of hydrogen-bond donors (Lipinski definition) is 1. The second kappa shape index (κ2) is 9.21. The summed E-state index contributed by atoms with van der Waals surface area (Å²) in [6.45, 7) is 3.95. The number of nitrogens with one attached hydrogen (secondary N) is 1. The van der Waals surface area contributed by atoms with Gasteiger partial charge in [-0.25, -0.2) is 9.97 Å². The minimum atomic E-state index is -4.72. The molecule has 4 rings (SSSR count). The third-order valence-electron chi connectivity index (χ3n) is 4.42. The van der Waals surface area contributed by atoms with Gasteiger partial charge in [-0.05, 0) is 32.0 Å². The van der Waals surface area contributed by atoms with Crippen LogP contribution in [0.15, 0.2) is 55.1 Å². The van der Waals surface area contributed by atoms with Crippen LogP contribution in [0.3, 0.4) is 0 Å². The van der Waals surface area contributed by atoms with Crippen LogP contribution in [0, 0.1) is 0 Å². The Bertz CT molecular complexity index is 1320. The summed E-state index contributed by atoms with van der Waals surface area (Å²) in [6.07, 6.45) is -0.909. The molecule has 0 saturated heterocycles. The highest BCUT2D eigenvalue weighted by Crippen LogP contribution is 2.28. The molecule has 174 valence electrons. The van der Waals surface area contributed by atoms with E-state index in [4.69, 9.17) is 4.74 Å². The minimum Gasteiger partial charge on any atom is -0.439 e. The molecule has 4 aromatic rings. The lowest BCUT2D eigenvalue weighted by Gasteiger charge is -2.11. The van der Waals surface area contributed by atoms with E-state index >= 15 is 0 Å². The quantitative estimate of drug-likeness (QED) is 0.446. The van der Waals surface area contributed by atoms with E-state index in [-0.39, 0.29) is 29.2 Å². The predicted molar refractivity (Wildman–Crippen MR) is 113 cm³/mol. The van der Waals surface area contributed by atoms with E-state index in [0.717, 1.165) is 6.20 Å². The highest BCUT2D eigenvalue weighted by Gasteiger charge is 2.34. The Labute approximate surface area is 190 Å². The summed E-state index contributed by atoms with van der Waals surface area (Å²) in [5.41, 5.74) is 0.471. The van der Waals surface area contributed by atoms with Gasteiger partial charge in [0.2, 0.25) is 11.7 Å². The van der Waals surface area contributed by atoms with Gasteiger partial charge in [0, 0.05) is 30.6 Å². The third-order valence-corrected chi connectivity index (χ3v) is 4.42. The van der Waals surface area contributed by atoms with Gasteiger partial charge in [-0.2, -0.15) is 18.2 Å². The molecule has 0 saturated carbocycles. The van der Waals surface area contributed by atoms with Crippen LogP contribution in [-0.2, 0) is 6.18 Å². The number of rotatable bonds is 6. The molecule has 0 aliphatic carbocycles. The van der Waals surface area contributed by atoms with Gasteiger partial charge in [-0.3, -0.25) is 9.78 Å². The maximum atomic E-state index is 12.8. The van der Waals surface area contributed by atoms with Crippen molar-refractivity contribution in [3.8, 4) is 23.1 Å². The van der Waals surface area contributed by atoms with Crippen LogP contribution < -0.4 is 10.1 Å². The molecule has 0 aliphatic rings. The monoisotopic (exact) mass is 470 g/mol. The average molecular weight is 470 g/mol. The first-order chi connectivity index (χ1) is 16.2. The van der Waals surface area contributed by atoms with E-state index in [9.17, 15) is 18.0 Å². The number of halogens is 3. The first kappa shape index (κ1) is 22.8. The zero-order valence-electron chi connectivity index (χ0n) is 17.9. The van der Waals surface area contributed by atoms with Gasteiger partial charge in [0.1, 0.15) is 29.3 Å². The SMILES string of the molecule is CC(C)n1cnnc1-c1cccc(NC(=O)c2cc(Oc3ccnc(C(F)(F)F)n3)ccn2)n1. The van der Waals surface area contributed by atoms with Crippen molar-refractivity contribution in [1.29, 1.82) is 0 Å². The van der Waals surface area contributed by atoms with Crippen molar-refractivity contribution in [1.82, 2.24) is 34.7 Å². The molecule has 4 heterocycles. The maximum absolute atomic E-state index is 12.8. The van der Waals surface area contributed by atoms with Crippen molar-refractivity contribution in [3.05, 3.63) is 66.6 Å². The van der Waals surface area contributed by atoms with Gasteiger partial charge in [0.25, 0.3) is 5.91 Å². The van der Waals surface area contributed by atoms with E-state index in [1.807, 2.05) is 18.4 Å². The van der Waals surface area contributed by atoms with Crippen LogP contribution in [0.5, 0.6) is 11.6 Å². The van der Waals surface area contributed by atoms with Gasteiger partial charge >= 0.3 is 6.18 Å². The van der Waals surface area contributed by atoms with Crippen LogP contribution in [0.25, 0.3) is 11.5 Å². The molecule has 1 N–H and O–H groups in total. The number of anilines is 1. The smallest absolute Gasteiger partial charge is 0.439 e. The second-order valence-electron chi connectivity index (χ2n) is 7.21. The van der Waals surface area contributed by atoms with Crippen LogP contribution in [-0.4, -0.2) is 40.6 Å². The molecule has 0 atom stereocenters. The fourth-order valence-corrected chi connectivity index (χ4v) is 2.87. The summed E-state index contributed by atoms with van der Waals surface area (Å²) in [5.74, 6) is -1.40. The summed E-state index contributed by atoms with van der Waals surface area (Å²) in [6, 6.07) is 8.96. The summed E-state index contributed by atoms with van der Waals surface area (Å²) in [4.78, 5) is 27.6. The first-order valence-electron chi connectivity index (χ1n) is 9.93. The first-order valence-corrected chi connectivity index (χ1v) is 9.93. The second-order valence-corrected chi connectivity index (χ2v) is 7.21. The highest BCUT2D eigenvalue weighted by molar-refractivity contribution is 6.02. The number of alkyl halides is 3. The fourth-order valence-electron chi connectivity index (χ4n) is 2.87. The minimum absolute atomic E-state index is 0.0415. The highest BCUT2D eigenvalue weighted by atomic mass is 19.4. The number of carbonyl (C=O) groups excluding carboxylic acids is 1. The Morgan fingerprint density at radius 2 is 1.88 bits per heavy atom. The van der Waals surface area contributed by atoms with Crippen molar-refractivity contribution >= 4 is 11.7 Å². The Morgan fingerprint density at radius 1 is 1.09 bits per heavy atom. The van der Waals surface area contributed by atoms with Crippen LogP contribution in [0.4, 0.5) is 19.0 Å². The number of pyridine rings is 2. The molecule has 10 nitrogen and oxygen atoms in total. The normalized spacial score (nSPS) is 11.5. The van der Waals surface area contributed by atoms with Gasteiger partial charge in [0.05, 0.1) is 0 Å². The van der Waals surface area contributed by atoms with Crippen LogP contribution >= 0.6 is 0 Å². The van der Waals surface area contributed by atoms with Gasteiger partial charge < -0.3 is 14.6 Å². The standard InChI is InChI=1S/C21H17F3N8O2/c1-12(2)32-11-27-31-18(32)14-4-3-5-16(28-14)29-19(33)15-10-13(6-8-25-15)34-17-7-9-26-20(30-17)21(22,23)24/h3-12H,1-2H3,(H,28,29,33). The third kappa shape index (κ3) is 5.14. The van der Waals surface area contributed by atoms with E-state index < -0.39 is 17.9 Å². The Hall–Kier alpha value is -4.42. The largest absolute Gasteiger partial charge is 0.451 e. The molecule has 4 aromatic heterocycles. The number of ether oxygens (including phenoxy) is 1. The molecule has 0 unspecified atom stereocenters. The Morgan fingerprint density at radius 3 is 2.65 bits per heavy atom. The predicted octanol–water partition coefficient (Wildman–Crippen LogP) is 4.17. The fraction of sp³-hybridized carbons (Fsp3) is 0.190. The molecule has 0 aromatic carbocycles. The topological polar surface area (TPSA) is 121 Å². The Balaban J connectivity index is 1.51. The van der Waals surface area contributed by atoms with E-state index in [2.05, 4.69) is 35.5 Å². The van der Waals surface area contributed by atoms with E-state index in [1.165, 1.54) is 24.4 Å². The lowest BCUT2D eigenvalue weighted by atomic mass is 10.3. The van der Waals surface area contributed by atoms with Gasteiger partial charge in [-0.1, -0.05) is 6.07 Å². The van der Waals surface area contributed by atoms with Crippen molar-refractivity contribution in [2.45, 2.75) is 26.1 Å². The molecule has 34 heavy (non-hydrogen) atoms. The summed E-state index contributed by atoms with van der Waals surface area (Å²) < 4.78 is 45.6. The van der Waals surface area contributed by atoms with Crippen molar-refractivity contribution in [2.24, 2.45) is 0 Å². The lowest BCUT2D eigenvalue weighted by Crippen LogP contribution is -2.15. The zero-order chi connectivity index (χ0) is 24.3. The molecule has 0 aliphatic heterocycles. The number of carbonyl (C=O) groups is 1. The zero-order valence-corrected chi connectivity index (χ0v) is 17.9. The molecule has 13 heteroatoms. The molecule has 0 radical (unpaired) electrons. The Kier molecular flexibility index (Phi) is 6.17. The molecule has 0 fully saturated rings.